The summed E-state index contributed by atoms with van der Waals surface area (Å²) in [6.45, 7) is 4.53. The lowest BCUT2D eigenvalue weighted by molar-refractivity contribution is 0.0217. The Kier molecular flexibility index (Phi) is 4.82. The average Bonchev–Trinajstić information content (AvgIpc) is 3.13. The van der Waals surface area contributed by atoms with Crippen molar-refractivity contribution in [2.75, 3.05) is 20.2 Å². The highest BCUT2D eigenvalue weighted by Crippen LogP contribution is 2.33. The summed E-state index contributed by atoms with van der Waals surface area (Å²) in [6.07, 6.45) is 3.98. The zero-order valence-electron chi connectivity index (χ0n) is 15.0. The molecule has 0 spiro atoms. The smallest absolute Gasteiger partial charge is 0.282 e. The molecular weight excluding hydrogens is 350 g/mol. The van der Waals surface area contributed by atoms with E-state index < -0.39 is 0 Å². The molecule has 3 aliphatic heterocycles. The summed E-state index contributed by atoms with van der Waals surface area (Å²) >= 11 is 1.33. The number of rotatable bonds is 5. The van der Waals surface area contributed by atoms with Crippen LogP contribution in [0.3, 0.4) is 0 Å². The lowest BCUT2D eigenvalue weighted by Crippen LogP contribution is -2.62. The first kappa shape index (κ1) is 17.3. The van der Waals surface area contributed by atoms with Gasteiger partial charge in [0.1, 0.15) is 5.75 Å². The van der Waals surface area contributed by atoms with E-state index in [1.807, 2.05) is 0 Å². The van der Waals surface area contributed by atoms with Gasteiger partial charge in [0.05, 0.1) is 13.3 Å². The summed E-state index contributed by atoms with van der Waals surface area (Å²) in [5.41, 5.74) is 0.651. The number of nitrogens with zero attached hydrogens (tertiary/aromatic N) is 2. The number of thiazole rings is 1. The van der Waals surface area contributed by atoms with E-state index in [1.165, 1.54) is 24.2 Å². The SMILES string of the molecule is COc1cnc(Oc2ccc(C(=O)N[C@@H]3C4CCN(CC4)[C@H]3C)cc2)s1. The summed E-state index contributed by atoms with van der Waals surface area (Å²) in [6, 6.07) is 7.83. The van der Waals surface area contributed by atoms with Gasteiger partial charge in [-0.3, -0.25) is 9.69 Å². The molecule has 7 heteroatoms. The molecule has 1 N–H and O–H groups in total. The van der Waals surface area contributed by atoms with Crippen LogP contribution in [0.2, 0.25) is 0 Å². The molecule has 138 valence electrons. The number of amides is 1. The Bertz CT molecular complexity index is 767. The highest BCUT2D eigenvalue weighted by Gasteiger charge is 2.40. The van der Waals surface area contributed by atoms with Gasteiger partial charge in [-0.1, -0.05) is 0 Å². The maximum atomic E-state index is 12.6. The molecule has 3 saturated heterocycles. The summed E-state index contributed by atoms with van der Waals surface area (Å²) in [5, 5.41) is 4.46. The molecule has 3 aliphatic rings. The minimum Gasteiger partial charge on any atom is -0.486 e. The van der Waals surface area contributed by atoms with E-state index in [0.29, 0.717) is 33.5 Å². The maximum absolute atomic E-state index is 12.6. The standard InChI is InChI=1S/C19H23N3O3S/c1-12-17(13-7-9-22(12)10-8-13)21-18(23)14-3-5-15(6-4-14)25-19-20-11-16(24-2)26-19/h3-6,11-13,17H,7-10H2,1-2H3,(H,21,23)/t12-,17-/m0/s1. The molecule has 2 aromatic rings. The average molecular weight is 373 g/mol. The molecule has 0 unspecified atom stereocenters. The van der Waals surface area contributed by atoms with E-state index >= 15 is 0 Å². The third kappa shape index (κ3) is 3.41. The molecule has 2 bridgehead atoms. The molecule has 3 fully saturated rings. The van der Waals surface area contributed by atoms with Crippen molar-refractivity contribution in [3.63, 3.8) is 0 Å². The van der Waals surface area contributed by atoms with Gasteiger partial charge in [-0.2, -0.15) is 0 Å². The molecule has 0 saturated carbocycles. The van der Waals surface area contributed by atoms with Gasteiger partial charge in [-0.15, -0.1) is 0 Å². The number of aromatic nitrogens is 1. The van der Waals surface area contributed by atoms with Crippen molar-refractivity contribution in [3.05, 3.63) is 36.0 Å². The van der Waals surface area contributed by atoms with Crippen molar-refractivity contribution in [3.8, 4) is 16.0 Å². The van der Waals surface area contributed by atoms with Crippen LogP contribution in [0.15, 0.2) is 30.5 Å². The zero-order valence-corrected chi connectivity index (χ0v) is 15.8. The number of hydrogen-bond donors (Lipinski definition) is 1. The number of methoxy groups -OCH3 is 1. The fourth-order valence-corrected chi connectivity index (χ4v) is 4.55. The van der Waals surface area contributed by atoms with E-state index in [4.69, 9.17) is 9.47 Å². The van der Waals surface area contributed by atoms with Gasteiger partial charge in [0.15, 0.2) is 5.06 Å². The molecule has 2 atom stereocenters. The van der Waals surface area contributed by atoms with Crippen LogP contribution in [0.25, 0.3) is 0 Å². The van der Waals surface area contributed by atoms with Crippen LogP contribution in [0.1, 0.15) is 30.1 Å². The highest BCUT2D eigenvalue weighted by molar-refractivity contribution is 7.15. The van der Waals surface area contributed by atoms with Gasteiger partial charge in [0.2, 0.25) is 0 Å². The Hall–Kier alpha value is -2.12. The number of piperidine rings is 3. The number of carbonyl (C=O) groups excluding carboxylic acids is 1. The van der Waals surface area contributed by atoms with Gasteiger partial charge < -0.3 is 14.8 Å². The van der Waals surface area contributed by atoms with Crippen LogP contribution in [0.5, 0.6) is 16.0 Å². The summed E-state index contributed by atoms with van der Waals surface area (Å²) in [5.74, 6) is 1.23. The Morgan fingerprint density at radius 1 is 1.27 bits per heavy atom. The molecule has 0 aliphatic carbocycles. The van der Waals surface area contributed by atoms with E-state index in [0.717, 1.165) is 13.1 Å². The predicted molar refractivity (Wildman–Crippen MR) is 100 cm³/mol. The van der Waals surface area contributed by atoms with Gasteiger partial charge in [-0.25, -0.2) is 4.98 Å². The summed E-state index contributed by atoms with van der Waals surface area (Å²) < 4.78 is 10.8. The topological polar surface area (TPSA) is 63.7 Å². The molecule has 0 radical (unpaired) electrons. The maximum Gasteiger partial charge on any atom is 0.282 e. The second-order valence-corrected chi connectivity index (χ2v) is 7.84. The van der Waals surface area contributed by atoms with Crippen molar-refractivity contribution < 1.29 is 14.3 Å². The quantitative estimate of drug-likeness (QED) is 0.872. The van der Waals surface area contributed by atoms with Crippen LogP contribution in [-0.4, -0.2) is 48.1 Å². The van der Waals surface area contributed by atoms with Crippen molar-refractivity contribution in [1.29, 1.82) is 0 Å². The van der Waals surface area contributed by atoms with Crippen LogP contribution in [0, 0.1) is 5.92 Å². The van der Waals surface area contributed by atoms with Crippen LogP contribution in [-0.2, 0) is 0 Å². The minimum absolute atomic E-state index is 0.0157. The lowest BCUT2D eigenvalue weighted by Gasteiger charge is -2.49. The number of hydrogen-bond acceptors (Lipinski definition) is 6. The van der Waals surface area contributed by atoms with E-state index in [-0.39, 0.29) is 11.9 Å². The highest BCUT2D eigenvalue weighted by atomic mass is 32.1. The monoisotopic (exact) mass is 373 g/mol. The molecular formula is C19H23N3O3S. The second kappa shape index (κ2) is 7.25. The zero-order chi connectivity index (χ0) is 18.1. The normalized spacial score (nSPS) is 27.2. The largest absolute Gasteiger partial charge is 0.486 e. The van der Waals surface area contributed by atoms with Gasteiger partial charge in [0.25, 0.3) is 11.1 Å². The van der Waals surface area contributed by atoms with Crippen LogP contribution < -0.4 is 14.8 Å². The number of nitrogens with one attached hydrogen (secondary N) is 1. The van der Waals surface area contributed by atoms with E-state index in [1.54, 1.807) is 37.6 Å². The third-order valence-electron chi connectivity index (χ3n) is 5.46. The van der Waals surface area contributed by atoms with Gasteiger partial charge in [0, 0.05) is 17.6 Å². The molecule has 26 heavy (non-hydrogen) atoms. The molecule has 1 aromatic carbocycles. The molecule has 1 amide bonds. The number of benzene rings is 1. The van der Waals surface area contributed by atoms with Gasteiger partial charge >= 0.3 is 0 Å². The Morgan fingerprint density at radius 2 is 2.00 bits per heavy atom. The van der Waals surface area contributed by atoms with Crippen LogP contribution in [0.4, 0.5) is 0 Å². The Morgan fingerprint density at radius 3 is 2.62 bits per heavy atom. The van der Waals surface area contributed by atoms with E-state index in [9.17, 15) is 4.79 Å². The molecule has 1 aromatic heterocycles. The molecule has 6 nitrogen and oxygen atoms in total. The van der Waals surface area contributed by atoms with Crippen molar-refractivity contribution in [2.45, 2.75) is 31.8 Å². The van der Waals surface area contributed by atoms with Crippen molar-refractivity contribution in [1.82, 2.24) is 15.2 Å². The first-order valence-electron chi connectivity index (χ1n) is 8.96. The van der Waals surface area contributed by atoms with Crippen LogP contribution >= 0.6 is 11.3 Å². The molecule has 5 rings (SSSR count). The third-order valence-corrected chi connectivity index (χ3v) is 6.30. The van der Waals surface area contributed by atoms with Gasteiger partial charge in [-0.05, 0) is 74.4 Å². The first-order chi connectivity index (χ1) is 12.6. The van der Waals surface area contributed by atoms with Crippen molar-refractivity contribution in [2.24, 2.45) is 5.92 Å². The second-order valence-electron chi connectivity index (χ2n) is 6.89. The molecule has 4 heterocycles. The Balaban J connectivity index is 1.39. The fourth-order valence-electron chi connectivity index (χ4n) is 3.94. The first-order valence-corrected chi connectivity index (χ1v) is 9.78. The van der Waals surface area contributed by atoms with Crippen molar-refractivity contribution >= 4 is 17.2 Å². The number of ether oxygens (including phenoxy) is 2. The number of fused-ring (bicyclic) bond motifs is 3. The minimum atomic E-state index is -0.0157. The fraction of sp³-hybridized carbons (Fsp3) is 0.474. The van der Waals surface area contributed by atoms with E-state index in [2.05, 4.69) is 22.1 Å². The predicted octanol–water partition coefficient (Wildman–Crippen LogP) is 3.16. The summed E-state index contributed by atoms with van der Waals surface area (Å²) in [7, 11) is 1.60. The Labute approximate surface area is 157 Å². The number of carbonyl (C=O) groups is 1. The summed E-state index contributed by atoms with van der Waals surface area (Å²) in [4.78, 5) is 19.3. The lowest BCUT2D eigenvalue weighted by atomic mass is 9.79.